The minimum atomic E-state index is -1.86. The van der Waals surface area contributed by atoms with Gasteiger partial charge in [0.2, 0.25) is 0 Å². The van der Waals surface area contributed by atoms with E-state index in [1.165, 1.54) is 0 Å². The Morgan fingerprint density at radius 3 is 2.42 bits per heavy atom. The Kier molecular flexibility index (Phi) is 6.36. The Morgan fingerprint density at radius 2 is 1.85 bits per heavy atom. The van der Waals surface area contributed by atoms with E-state index in [0.717, 1.165) is 5.56 Å². The third-order valence-corrected chi connectivity index (χ3v) is 9.67. The van der Waals surface area contributed by atoms with Gasteiger partial charge in [-0.2, -0.15) is 0 Å². The summed E-state index contributed by atoms with van der Waals surface area (Å²) in [6, 6.07) is 5.35. The maximum absolute atomic E-state index is 11.4. The third-order valence-electron chi connectivity index (χ3n) is 4.78. The number of anilines is 1. The van der Waals surface area contributed by atoms with Crippen LogP contribution in [0.1, 0.15) is 32.8 Å². The van der Waals surface area contributed by atoms with Crippen LogP contribution >= 0.6 is 11.6 Å². The van der Waals surface area contributed by atoms with Gasteiger partial charge in [0, 0.05) is 17.3 Å². The number of halogens is 1. The van der Waals surface area contributed by atoms with Crippen LogP contribution in [0, 0.1) is 0 Å². The van der Waals surface area contributed by atoms with E-state index in [0.29, 0.717) is 23.7 Å². The predicted molar refractivity (Wildman–Crippen MR) is 103 cm³/mol. The lowest BCUT2D eigenvalue weighted by Crippen LogP contribution is -2.41. The van der Waals surface area contributed by atoms with Gasteiger partial charge in [-0.1, -0.05) is 38.4 Å². The van der Waals surface area contributed by atoms with Crippen molar-refractivity contribution in [2.45, 2.75) is 58.2 Å². The molecule has 1 aromatic rings. The molecule has 1 N–H and O–H groups in total. The minimum absolute atomic E-state index is 0.124. The van der Waals surface area contributed by atoms with Gasteiger partial charge in [-0.3, -0.25) is 9.59 Å². The quantitative estimate of drug-likeness (QED) is 0.441. The molecule has 1 aromatic carbocycles. The first-order chi connectivity index (χ1) is 12.0. The van der Waals surface area contributed by atoms with Gasteiger partial charge in [-0.25, -0.2) is 0 Å². The summed E-state index contributed by atoms with van der Waals surface area (Å²) < 4.78 is 16.2. The molecule has 1 saturated heterocycles. The predicted octanol–water partition coefficient (Wildman–Crippen LogP) is 4.09. The van der Waals surface area contributed by atoms with Crippen molar-refractivity contribution < 1.29 is 23.5 Å². The van der Waals surface area contributed by atoms with Crippen molar-refractivity contribution >= 4 is 37.5 Å². The number of hydrogen-bond donors (Lipinski definition) is 1. The van der Waals surface area contributed by atoms with E-state index in [-0.39, 0.29) is 11.5 Å². The number of ether oxygens (including phenoxy) is 2. The van der Waals surface area contributed by atoms with Gasteiger partial charge in [0.25, 0.3) is 0 Å². The van der Waals surface area contributed by atoms with Crippen molar-refractivity contribution in [2.24, 2.45) is 0 Å². The number of carbonyl (C=O) groups excluding carboxylic acids is 2. The zero-order valence-corrected chi connectivity index (χ0v) is 17.6. The van der Waals surface area contributed by atoms with Crippen molar-refractivity contribution in [1.82, 2.24) is 0 Å². The average Bonchev–Trinajstić information content (AvgIpc) is 2.47. The molecule has 0 spiro atoms. The van der Waals surface area contributed by atoms with Gasteiger partial charge in [0.1, 0.15) is 6.42 Å². The topological polar surface area (TPSA) is 73.9 Å². The van der Waals surface area contributed by atoms with Crippen LogP contribution in [-0.2, 0) is 29.9 Å². The number of esters is 2. The summed E-state index contributed by atoms with van der Waals surface area (Å²) in [5.41, 5.74) is 1.47. The van der Waals surface area contributed by atoms with E-state index < -0.39 is 26.7 Å². The fourth-order valence-electron chi connectivity index (χ4n) is 2.22. The molecule has 0 saturated carbocycles. The van der Waals surface area contributed by atoms with Crippen LogP contribution < -0.4 is 5.32 Å². The highest BCUT2D eigenvalue weighted by Gasteiger charge is 2.37. The average molecular weight is 400 g/mol. The third kappa shape index (κ3) is 5.22. The zero-order valence-electron chi connectivity index (χ0n) is 15.8. The first kappa shape index (κ1) is 20.7. The summed E-state index contributed by atoms with van der Waals surface area (Å²) in [6.07, 6.45) is -0.938. The van der Waals surface area contributed by atoms with Gasteiger partial charge in [0.15, 0.2) is 8.32 Å². The Morgan fingerprint density at radius 1 is 1.23 bits per heavy atom. The van der Waals surface area contributed by atoms with E-state index in [9.17, 15) is 9.59 Å². The Bertz CT molecular complexity index is 671. The maximum atomic E-state index is 11.4. The highest BCUT2D eigenvalue weighted by molar-refractivity contribution is 6.74. The normalized spacial score (nSPS) is 16.2. The van der Waals surface area contributed by atoms with Gasteiger partial charge in [0.05, 0.1) is 0 Å². The Labute approximate surface area is 160 Å². The van der Waals surface area contributed by atoms with Crippen LogP contribution in [0.25, 0.3) is 0 Å². The summed E-state index contributed by atoms with van der Waals surface area (Å²) in [5, 5.41) is 3.61. The molecule has 1 aliphatic rings. The van der Waals surface area contributed by atoms with Crippen LogP contribution in [0.3, 0.4) is 0 Å². The van der Waals surface area contributed by atoms with Gasteiger partial charge < -0.3 is 19.2 Å². The molecule has 6 nitrogen and oxygen atoms in total. The second kappa shape index (κ2) is 7.98. The van der Waals surface area contributed by atoms with Gasteiger partial charge in [-0.05, 0) is 42.2 Å². The molecule has 1 aliphatic heterocycles. The molecule has 2 rings (SSSR count). The van der Waals surface area contributed by atoms with Gasteiger partial charge in [-0.15, -0.1) is 0 Å². The minimum Gasteiger partial charge on any atom is -0.416 e. The number of hydrogen-bond acceptors (Lipinski definition) is 6. The molecule has 26 heavy (non-hydrogen) atoms. The van der Waals surface area contributed by atoms with Crippen molar-refractivity contribution in [1.29, 1.82) is 0 Å². The number of carbonyl (C=O) groups is 2. The summed E-state index contributed by atoms with van der Waals surface area (Å²) in [4.78, 5) is 22.8. The molecule has 144 valence electrons. The monoisotopic (exact) mass is 399 g/mol. The molecule has 0 atom stereocenters. The van der Waals surface area contributed by atoms with E-state index in [4.69, 9.17) is 25.5 Å². The highest BCUT2D eigenvalue weighted by Crippen LogP contribution is 2.37. The molecular weight excluding hydrogens is 374 g/mol. The lowest BCUT2D eigenvalue weighted by molar-refractivity contribution is -0.197. The molecule has 0 amide bonds. The lowest BCUT2D eigenvalue weighted by Gasteiger charge is -2.36. The molecule has 0 unspecified atom stereocenters. The lowest BCUT2D eigenvalue weighted by atomic mass is 10.1. The first-order valence-electron chi connectivity index (χ1n) is 8.56. The van der Waals surface area contributed by atoms with Crippen LogP contribution in [0.5, 0.6) is 0 Å². The van der Waals surface area contributed by atoms with E-state index in [1.807, 2.05) is 0 Å². The van der Waals surface area contributed by atoms with Crippen molar-refractivity contribution in [3.8, 4) is 0 Å². The van der Waals surface area contributed by atoms with E-state index >= 15 is 0 Å². The first-order valence-corrected chi connectivity index (χ1v) is 11.8. The summed E-state index contributed by atoms with van der Waals surface area (Å²) >= 11 is 6.34. The second-order valence-corrected chi connectivity index (χ2v) is 13.0. The van der Waals surface area contributed by atoms with Gasteiger partial charge >= 0.3 is 18.4 Å². The molecule has 1 fully saturated rings. The molecular formula is C18H26ClNO5Si. The standard InChI is InChI=1S/C18H26ClNO5Si/c1-18(2,3)26(4,5)23-10-9-12-13(19)7-6-8-14(12)20-17-24-15(21)11-16(22)25-17/h6-8,17,20H,9-11H2,1-5H3. The fourth-order valence-corrected chi connectivity index (χ4v) is 3.54. The Hall–Kier alpha value is -1.57. The van der Waals surface area contributed by atoms with E-state index in [1.54, 1.807) is 18.2 Å². The number of cyclic esters (lactones) is 2. The molecule has 8 heteroatoms. The largest absolute Gasteiger partial charge is 0.416 e. The van der Waals surface area contributed by atoms with Crippen LogP contribution in [-0.4, -0.2) is 33.3 Å². The molecule has 0 aromatic heterocycles. The fraction of sp³-hybridized carbons (Fsp3) is 0.556. The maximum Gasteiger partial charge on any atom is 0.329 e. The summed E-state index contributed by atoms with van der Waals surface area (Å²) in [5.74, 6) is -1.24. The Balaban J connectivity index is 2.07. The van der Waals surface area contributed by atoms with Crippen molar-refractivity contribution in [3.63, 3.8) is 0 Å². The molecule has 0 bridgehead atoms. The highest BCUT2D eigenvalue weighted by atomic mass is 35.5. The summed E-state index contributed by atoms with van der Waals surface area (Å²) in [7, 11) is -1.86. The van der Waals surface area contributed by atoms with Crippen molar-refractivity contribution in [3.05, 3.63) is 28.8 Å². The second-order valence-electron chi connectivity index (χ2n) is 7.76. The van der Waals surface area contributed by atoms with Crippen LogP contribution in [0.15, 0.2) is 18.2 Å². The van der Waals surface area contributed by atoms with Crippen LogP contribution in [0.4, 0.5) is 5.69 Å². The van der Waals surface area contributed by atoms with E-state index in [2.05, 4.69) is 39.2 Å². The smallest absolute Gasteiger partial charge is 0.329 e. The molecule has 0 aliphatic carbocycles. The number of nitrogens with one attached hydrogen (secondary N) is 1. The number of benzene rings is 1. The zero-order chi connectivity index (χ0) is 19.5. The van der Waals surface area contributed by atoms with Crippen molar-refractivity contribution in [2.75, 3.05) is 11.9 Å². The van der Waals surface area contributed by atoms with Crippen LogP contribution in [0.2, 0.25) is 23.2 Å². The number of rotatable bonds is 6. The molecule has 1 heterocycles. The summed E-state index contributed by atoms with van der Waals surface area (Å²) in [6.45, 7) is 11.5. The molecule has 0 radical (unpaired) electrons. The SMILES string of the molecule is CC(C)(C)[Si](C)(C)OCCc1c(Cl)cccc1NC1OC(=O)CC(=O)O1.